The summed E-state index contributed by atoms with van der Waals surface area (Å²) in [5, 5.41) is 108. The zero-order chi connectivity index (χ0) is 46.1. The van der Waals surface area contributed by atoms with E-state index < -0.39 is 131 Å². The number of carbonyl (C=O) groups is 1. The number of hydrogen-bond acceptors (Lipinski definition) is 24. The highest BCUT2D eigenvalue weighted by Gasteiger charge is 2.57. The summed E-state index contributed by atoms with van der Waals surface area (Å²) >= 11 is 0. The lowest BCUT2D eigenvalue weighted by Gasteiger charge is -2.42. The van der Waals surface area contributed by atoms with Crippen LogP contribution in [0.4, 0.5) is 0 Å². The second kappa shape index (κ2) is 17.6. The van der Waals surface area contributed by atoms with E-state index >= 15 is 0 Å². The van der Waals surface area contributed by atoms with Crippen molar-refractivity contribution in [3.63, 3.8) is 0 Å². The number of aliphatic hydroxyl groups excluding tert-OH is 7. The summed E-state index contributed by atoms with van der Waals surface area (Å²) in [7, 11) is 2.79. The molecule has 3 aromatic rings. The van der Waals surface area contributed by atoms with Crippen LogP contribution in [-0.4, -0.2) is 203 Å². The lowest BCUT2D eigenvalue weighted by molar-refractivity contribution is -0.332. The average Bonchev–Trinajstić information content (AvgIpc) is 4.07. The number of benzene rings is 3. The number of cyclic esters (lactones) is 1. The quantitative estimate of drug-likeness (QED) is 0.0757. The van der Waals surface area contributed by atoms with Crippen molar-refractivity contribution in [3.8, 4) is 45.6 Å². The van der Waals surface area contributed by atoms with Gasteiger partial charge in [0, 0.05) is 28.1 Å². The number of fused-ring (bicyclic) bond motifs is 3. The number of aliphatic hydroxyl groups is 9. The van der Waals surface area contributed by atoms with Gasteiger partial charge in [0.15, 0.2) is 48.0 Å². The first kappa shape index (κ1) is 45.7. The highest BCUT2D eigenvalue weighted by Crippen LogP contribution is 2.52. The predicted molar refractivity (Wildman–Crippen MR) is 208 cm³/mol. The number of carbonyl (C=O) groups excluding carboxylic acids is 1. The maximum atomic E-state index is 13.8. The Labute approximate surface area is 367 Å². The molecule has 0 aliphatic carbocycles. The fourth-order valence-electron chi connectivity index (χ4n) is 8.55. The maximum Gasteiger partial charge on any atom is 0.339 e. The molecule has 9 rings (SSSR count). The smallest absolute Gasteiger partial charge is 0.339 e. The molecule has 356 valence electrons. The van der Waals surface area contributed by atoms with Crippen LogP contribution in [0.25, 0.3) is 21.9 Å². The molecule has 4 saturated heterocycles. The van der Waals surface area contributed by atoms with Crippen LogP contribution in [0.2, 0.25) is 0 Å². The summed E-state index contributed by atoms with van der Waals surface area (Å²) < 4.78 is 74.6. The number of aromatic hydroxyl groups is 1. The number of esters is 1. The molecule has 6 aliphatic heterocycles. The molecule has 6 aliphatic rings. The van der Waals surface area contributed by atoms with Crippen LogP contribution in [0.3, 0.4) is 0 Å². The minimum Gasteiger partial charge on any atom is -0.507 e. The van der Waals surface area contributed by atoms with Crippen molar-refractivity contribution >= 4 is 16.7 Å². The zero-order valence-electron chi connectivity index (χ0n) is 34.6. The number of ether oxygens (including phenoxy) is 13. The van der Waals surface area contributed by atoms with E-state index in [1.807, 2.05) is 0 Å². The van der Waals surface area contributed by atoms with Crippen LogP contribution in [0, 0.1) is 0 Å². The van der Waals surface area contributed by atoms with Gasteiger partial charge in [-0.15, -0.1) is 0 Å². The van der Waals surface area contributed by atoms with E-state index in [4.69, 9.17) is 61.6 Å². The molecule has 10 N–H and O–H groups in total. The lowest BCUT2D eigenvalue weighted by Crippen LogP contribution is -2.61. The van der Waals surface area contributed by atoms with Gasteiger partial charge >= 0.3 is 5.97 Å². The molecular weight excluding hydrogens is 876 g/mol. The van der Waals surface area contributed by atoms with Crippen LogP contribution in [0.15, 0.2) is 24.3 Å². The lowest BCUT2D eigenvalue weighted by atomic mass is 9.88. The summed E-state index contributed by atoms with van der Waals surface area (Å²) in [6.07, 6.45) is -20.3. The summed E-state index contributed by atoms with van der Waals surface area (Å²) in [5.74, 6) is -0.147. The van der Waals surface area contributed by atoms with Gasteiger partial charge in [0.25, 0.3) is 0 Å². The Balaban J connectivity index is 1.10. The topological polar surface area (TPSA) is 339 Å². The minimum absolute atomic E-state index is 0.0310. The normalized spacial score (nSPS) is 36.5. The van der Waals surface area contributed by atoms with Crippen molar-refractivity contribution in [1.29, 1.82) is 0 Å². The molecule has 24 heteroatoms. The molecule has 0 amide bonds. The van der Waals surface area contributed by atoms with Gasteiger partial charge in [-0.25, -0.2) is 4.79 Å². The molecule has 14 atom stereocenters. The molecule has 0 bridgehead atoms. The van der Waals surface area contributed by atoms with Gasteiger partial charge in [-0.05, 0) is 23.6 Å². The number of phenolic OH excluding ortho intramolecular Hbond substituents is 1. The van der Waals surface area contributed by atoms with E-state index in [2.05, 4.69) is 0 Å². The van der Waals surface area contributed by atoms with Gasteiger partial charge in [0.1, 0.15) is 72.0 Å². The highest BCUT2D eigenvalue weighted by atomic mass is 16.8. The summed E-state index contributed by atoms with van der Waals surface area (Å²) in [4.78, 5) is 13.8. The van der Waals surface area contributed by atoms with Gasteiger partial charge in [-0.2, -0.15) is 0 Å². The molecule has 0 spiro atoms. The summed E-state index contributed by atoms with van der Waals surface area (Å²) in [5.41, 5.74) is -3.92. The Morgan fingerprint density at radius 2 is 1.37 bits per heavy atom. The van der Waals surface area contributed by atoms with Crippen molar-refractivity contribution in [2.75, 3.05) is 60.7 Å². The summed E-state index contributed by atoms with van der Waals surface area (Å²) in [6, 6.07) is 5.93. The predicted octanol–water partition coefficient (Wildman–Crippen LogP) is -3.16. The third kappa shape index (κ3) is 7.95. The number of methoxy groups -OCH3 is 2. The molecule has 24 nitrogen and oxygen atoms in total. The molecule has 4 fully saturated rings. The van der Waals surface area contributed by atoms with E-state index in [1.165, 1.54) is 32.4 Å². The minimum atomic E-state index is -2.29. The number of rotatable bonds is 13. The second-order valence-corrected chi connectivity index (χ2v) is 16.4. The van der Waals surface area contributed by atoms with E-state index in [9.17, 15) is 55.9 Å². The SMILES string of the molecule is COc1cc2c(O[C@@H]3OC[C@](O)(CO[C@@H]4OC[C@@H](O)[C@H](O)[C@H]4O)[C@H]3O[C@@H]3OC[C@@H](O)[C@H](O[C@@H]4OC[C@](O)(CO)[C@H]4O)[C@H]3O)c3c(c(-c4cc5c(cc4O)OCO5)c2cc1OC)C(=O)OC3. The van der Waals surface area contributed by atoms with Gasteiger partial charge < -0.3 is 113 Å². The molecule has 0 radical (unpaired) electrons. The average molecular weight is 925 g/mol. The van der Waals surface area contributed by atoms with Crippen molar-refractivity contribution in [3.05, 3.63) is 35.4 Å². The number of phenols is 1. The standard InChI is InChI=1S/C41H48O24/c1-53-22-3-15-16(4-23(22)54-2)31(18-7-55-35(50)27(18)26(15)17-5-24-25(6-19(17)43)62-14-61-24)63-39-34(41(52,13-60-39)12-58-36-29(47)28(46)20(44)8-56-36)65-37-30(48)32(21(45)9-57-37)64-38-33(49)40(51,10-42)11-59-38/h3-6,20-21,28-30,32-34,36-39,42-49,51-52H,7-14H2,1-2H3/t20-,21-,28+,29-,30-,32+,33+,34+,36+,37+,38+,39+,40-,41-/m1/s1. The fourth-order valence-corrected chi connectivity index (χ4v) is 8.55. The van der Waals surface area contributed by atoms with Crippen molar-refractivity contribution in [2.24, 2.45) is 0 Å². The first-order chi connectivity index (χ1) is 31.1. The number of hydrogen-bond donors (Lipinski definition) is 10. The largest absolute Gasteiger partial charge is 0.507 e. The third-order valence-corrected chi connectivity index (χ3v) is 12.2. The molecule has 0 saturated carbocycles. The molecule has 65 heavy (non-hydrogen) atoms. The van der Waals surface area contributed by atoms with Crippen molar-refractivity contribution in [1.82, 2.24) is 0 Å². The zero-order valence-corrected chi connectivity index (χ0v) is 34.6. The molecule has 0 aromatic heterocycles. The fraction of sp³-hybridized carbons (Fsp3) is 0.585. The van der Waals surface area contributed by atoms with Crippen LogP contribution >= 0.6 is 0 Å². The van der Waals surface area contributed by atoms with Gasteiger partial charge in [0.2, 0.25) is 13.1 Å². The molecule has 3 aromatic carbocycles. The van der Waals surface area contributed by atoms with Gasteiger partial charge in [-0.1, -0.05) is 0 Å². The monoisotopic (exact) mass is 924 g/mol. The van der Waals surface area contributed by atoms with Gasteiger partial charge in [-0.3, -0.25) is 0 Å². The molecular formula is C41H48O24. The Kier molecular flexibility index (Phi) is 12.4. The molecule has 6 heterocycles. The highest BCUT2D eigenvalue weighted by molar-refractivity contribution is 6.14. The van der Waals surface area contributed by atoms with E-state index in [0.29, 0.717) is 0 Å². The first-order valence-electron chi connectivity index (χ1n) is 20.3. The van der Waals surface area contributed by atoms with Crippen molar-refractivity contribution in [2.45, 2.75) is 91.8 Å². The van der Waals surface area contributed by atoms with Crippen LogP contribution < -0.4 is 23.7 Å². The Hall–Kier alpha value is -4.45. The van der Waals surface area contributed by atoms with Gasteiger partial charge in [0.05, 0.1) is 59.4 Å². The Bertz CT molecular complexity index is 2280. The Morgan fingerprint density at radius 3 is 2.08 bits per heavy atom. The van der Waals surface area contributed by atoms with Crippen LogP contribution in [0.1, 0.15) is 15.9 Å². The summed E-state index contributed by atoms with van der Waals surface area (Å²) in [6.45, 7) is -4.30. The van der Waals surface area contributed by atoms with E-state index in [-0.39, 0.29) is 80.9 Å². The van der Waals surface area contributed by atoms with Crippen LogP contribution in [-0.2, 0) is 44.5 Å². The first-order valence-corrected chi connectivity index (χ1v) is 20.3. The second-order valence-electron chi connectivity index (χ2n) is 16.4. The molecule has 0 unspecified atom stereocenters. The van der Waals surface area contributed by atoms with Crippen molar-refractivity contribution < 1.29 is 117 Å². The maximum absolute atomic E-state index is 13.8. The van der Waals surface area contributed by atoms with E-state index in [1.54, 1.807) is 6.07 Å². The third-order valence-electron chi connectivity index (χ3n) is 12.2. The van der Waals surface area contributed by atoms with Crippen LogP contribution in [0.5, 0.6) is 34.5 Å². The Morgan fingerprint density at radius 1 is 0.708 bits per heavy atom. The van der Waals surface area contributed by atoms with E-state index in [0.717, 1.165) is 0 Å².